The number of ketones is 1. The minimum atomic E-state index is -0.693. The minimum absolute atomic E-state index is 0.0518. The van der Waals surface area contributed by atoms with Gasteiger partial charge in [0.25, 0.3) is 0 Å². The minimum Gasteiger partial charge on any atom is -0.444 e. The fraction of sp³-hybridized carbons (Fsp3) is 0.758. The average molecular weight is 738 g/mol. The summed E-state index contributed by atoms with van der Waals surface area (Å²) < 4.78 is 10.8. The predicted octanol–water partition coefficient (Wildman–Crippen LogP) is 6.13. The lowest BCUT2D eigenvalue weighted by atomic mass is 9.93. The molecule has 0 aliphatic heterocycles. The SMILES string of the molecule is CC(C)(C)OC(=O)NC(C(=O)Cc1nnc(CCSCCc2nnc(NC(=O)C(NC(=O)OC(C)(C)C)C3CCCC3)s2)s1)C1CCCC1. The molecule has 0 spiro atoms. The van der Waals surface area contributed by atoms with Crippen LogP contribution in [0.2, 0.25) is 0 Å². The lowest BCUT2D eigenvalue weighted by Crippen LogP contribution is -2.49. The largest absolute Gasteiger partial charge is 0.444 e. The first-order valence-corrected chi connectivity index (χ1v) is 20.0. The second kappa shape index (κ2) is 17.9. The van der Waals surface area contributed by atoms with Gasteiger partial charge in [-0.2, -0.15) is 11.8 Å². The Balaban J connectivity index is 1.19. The number of hydrogen-bond donors (Lipinski definition) is 3. The summed E-state index contributed by atoms with van der Waals surface area (Å²) in [7, 11) is 0. The Hall–Kier alpha value is -2.85. The van der Waals surface area contributed by atoms with E-state index in [-0.39, 0.29) is 29.9 Å². The average Bonchev–Trinajstić information content (AvgIpc) is 3.82. The highest BCUT2D eigenvalue weighted by atomic mass is 32.2. The molecule has 13 nitrogen and oxygen atoms in total. The molecule has 0 aromatic carbocycles. The molecule has 2 aromatic rings. The molecule has 2 aromatic heterocycles. The number of aryl methyl sites for hydroxylation is 2. The van der Waals surface area contributed by atoms with E-state index in [1.54, 1.807) is 53.3 Å². The Morgan fingerprint density at radius 3 is 1.73 bits per heavy atom. The Labute approximate surface area is 301 Å². The number of hydrogen-bond acceptors (Lipinski definition) is 13. The van der Waals surface area contributed by atoms with Crippen LogP contribution in [0.15, 0.2) is 0 Å². The number of ether oxygens (including phenoxy) is 2. The van der Waals surface area contributed by atoms with Crippen molar-refractivity contribution in [1.29, 1.82) is 0 Å². The number of Topliss-reactive ketones (excluding diaryl/α,β-unsaturated/α-hetero) is 1. The standard InChI is InChI=1S/C33H51N7O6S3/c1-32(2,3)45-30(43)34-26(20-11-7-8-12-20)22(41)19-25-39-37-23(48-25)15-17-47-18-16-24-38-40-29(49-24)36-28(42)27(21-13-9-10-14-21)35-31(44)46-33(4,5)6/h20-21,26-27H,7-19H2,1-6H3,(H,34,43)(H,35,44)(H,36,40,42). The van der Waals surface area contributed by atoms with Crippen LogP contribution in [0.3, 0.4) is 0 Å². The third-order valence-electron chi connectivity index (χ3n) is 8.17. The van der Waals surface area contributed by atoms with Crippen LogP contribution in [0.5, 0.6) is 0 Å². The molecule has 0 bridgehead atoms. The fourth-order valence-electron chi connectivity index (χ4n) is 6.04. The number of aromatic nitrogens is 4. The molecule has 2 atom stereocenters. The zero-order valence-electron chi connectivity index (χ0n) is 29.5. The fourth-order valence-corrected chi connectivity index (χ4v) is 8.77. The van der Waals surface area contributed by atoms with Crippen molar-refractivity contribution in [3.63, 3.8) is 0 Å². The van der Waals surface area contributed by atoms with Crippen molar-refractivity contribution in [3.05, 3.63) is 15.0 Å². The number of anilines is 1. The molecule has 0 radical (unpaired) electrons. The molecule has 2 aliphatic rings. The molecule has 16 heteroatoms. The van der Waals surface area contributed by atoms with Crippen LogP contribution in [-0.4, -0.2) is 79.1 Å². The molecular formula is C33H51N7O6S3. The third-order valence-corrected chi connectivity index (χ3v) is 11.0. The second-order valence-corrected chi connectivity index (χ2v) is 18.1. The molecule has 49 heavy (non-hydrogen) atoms. The summed E-state index contributed by atoms with van der Waals surface area (Å²) in [5.41, 5.74) is -1.30. The van der Waals surface area contributed by atoms with E-state index in [4.69, 9.17) is 9.47 Å². The van der Waals surface area contributed by atoms with Crippen LogP contribution in [0.1, 0.15) is 108 Å². The van der Waals surface area contributed by atoms with Crippen LogP contribution in [-0.2, 0) is 38.3 Å². The van der Waals surface area contributed by atoms with Crippen molar-refractivity contribution >= 4 is 63.4 Å². The Kier molecular flexibility index (Phi) is 14.2. The van der Waals surface area contributed by atoms with Gasteiger partial charge in [-0.3, -0.25) is 14.9 Å². The van der Waals surface area contributed by atoms with E-state index in [9.17, 15) is 19.2 Å². The van der Waals surface area contributed by atoms with Crippen LogP contribution in [0.4, 0.5) is 14.7 Å². The third kappa shape index (κ3) is 13.4. The molecule has 2 unspecified atom stereocenters. The van der Waals surface area contributed by atoms with E-state index in [0.717, 1.165) is 79.3 Å². The monoisotopic (exact) mass is 737 g/mol. The normalized spacial score (nSPS) is 17.0. The van der Waals surface area contributed by atoms with E-state index >= 15 is 0 Å². The van der Waals surface area contributed by atoms with Crippen molar-refractivity contribution in [3.8, 4) is 0 Å². The van der Waals surface area contributed by atoms with Gasteiger partial charge < -0.3 is 20.1 Å². The first-order chi connectivity index (χ1) is 23.1. The summed E-state index contributed by atoms with van der Waals surface area (Å²) in [4.78, 5) is 51.4. The van der Waals surface area contributed by atoms with Gasteiger partial charge in [0.15, 0.2) is 5.78 Å². The summed E-state index contributed by atoms with van der Waals surface area (Å²) in [6, 6.07) is -1.28. The lowest BCUT2D eigenvalue weighted by Gasteiger charge is -2.26. The molecular weight excluding hydrogens is 687 g/mol. The Morgan fingerprint density at radius 2 is 1.18 bits per heavy atom. The van der Waals surface area contributed by atoms with Gasteiger partial charge in [0.2, 0.25) is 11.0 Å². The number of rotatable bonds is 15. The maximum Gasteiger partial charge on any atom is 0.408 e. The topological polar surface area (TPSA) is 174 Å². The van der Waals surface area contributed by atoms with Gasteiger partial charge in [0, 0.05) is 12.8 Å². The van der Waals surface area contributed by atoms with Crippen LogP contribution < -0.4 is 16.0 Å². The molecule has 4 rings (SSSR count). The maximum absolute atomic E-state index is 13.3. The molecule has 0 saturated heterocycles. The number of amides is 3. The van der Waals surface area contributed by atoms with Crippen molar-refractivity contribution in [1.82, 2.24) is 31.0 Å². The lowest BCUT2D eigenvalue weighted by molar-refractivity contribution is -0.121. The quantitative estimate of drug-likeness (QED) is 0.180. The van der Waals surface area contributed by atoms with Crippen molar-refractivity contribution in [2.24, 2.45) is 11.8 Å². The Morgan fingerprint density at radius 1 is 0.714 bits per heavy atom. The van der Waals surface area contributed by atoms with Crippen LogP contribution >= 0.6 is 34.4 Å². The van der Waals surface area contributed by atoms with Crippen LogP contribution in [0.25, 0.3) is 0 Å². The van der Waals surface area contributed by atoms with Gasteiger partial charge in [-0.25, -0.2) is 9.59 Å². The number of alkyl carbamates (subject to hydrolysis) is 2. The number of carbonyl (C=O) groups excluding carboxylic acids is 4. The molecule has 2 saturated carbocycles. The van der Waals surface area contributed by atoms with Gasteiger partial charge in [-0.1, -0.05) is 37.0 Å². The molecule has 3 amide bonds. The zero-order chi connectivity index (χ0) is 35.6. The number of nitrogens with zero attached hydrogens (tertiary/aromatic N) is 4. The van der Waals surface area contributed by atoms with Gasteiger partial charge in [0.1, 0.15) is 32.3 Å². The first kappa shape index (κ1) is 38.9. The highest BCUT2D eigenvalue weighted by Crippen LogP contribution is 2.30. The van der Waals surface area contributed by atoms with Gasteiger partial charge in [0.05, 0.1) is 12.5 Å². The highest BCUT2D eigenvalue weighted by molar-refractivity contribution is 7.99. The molecule has 272 valence electrons. The van der Waals surface area contributed by atoms with Gasteiger partial charge in [-0.15, -0.1) is 31.7 Å². The van der Waals surface area contributed by atoms with Crippen molar-refractivity contribution < 1.29 is 28.7 Å². The van der Waals surface area contributed by atoms with E-state index < -0.39 is 35.5 Å². The van der Waals surface area contributed by atoms with Crippen molar-refractivity contribution in [2.45, 2.75) is 135 Å². The zero-order valence-corrected chi connectivity index (χ0v) is 31.9. The smallest absolute Gasteiger partial charge is 0.408 e. The molecule has 3 N–H and O–H groups in total. The summed E-state index contributed by atoms with van der Waals surface area (Å²) in [5.74, 6) is 1.44. The van der Waals surface area contributed by atoms with Gasteiger partial charge in [-0.05, 0) is 90.6 Å². The van der Waals surface area contributed by atoms with Crippen LogP contribution in [0, 0.1) is 11.8 Å². The molecule has 2 aliphatic carbocycles. The molecule has 2 fully saturated rings. The summed E-state index contributed by atoms with van der Waals surface area (Å²) in [6.07, 6.45) is 8.11. The number of nitrogens with one attached hydrogen (secondary N) is 3. The number of carbonyl (C=O) groups is 4. The predicted molar refractivity (Wildman–Crippen MR) is 192 cm³/mol. The Bertz CT molecular complexity index is 1300. The highest BCUT2D eigenvalue weighted by Gasteiger charge is 2.35. The van der Waals surface area contributed by atoms with Crippen molar-refractivity contribution in [2.75, 3.05) is 16.8 Å². The first-order valence-electron chi connectivity index (χ1n) is 17.2. The van der Waals surface area contributed by atoms with E-state index in [1.165, 1.54) is 22.7 Å². The van der Waals surface area contributed by atoms with Gasteiger partial charge >= 0.3 is 12.2 Å². The number of thioether (sulfide) groups is 1. The van der Waals surface area contributed by atoms with E-state index in [1.807, 2.05) is 0 Å². The van der Waals surface area contributed by atoms with E-state index in [0.29, 0.717) is 16.6 Å². The second-order valence-electron chi connectivity index (χ2n) is 14.7. The summed E-state index contributed by atoms with van der Waals surface area (Å²) in [6.45, 7) is 10.8. The molecule has 2 heterocycles. The van der Waals surface area contributed by atoms with E-state index in [2.05, 4.69) is 36.3 Å². The maximum atomic E-state index is 13.3. The summed E-state index contributed by atoms with van der Waals surface area (Å²) in [5, 5.41) is 28.2. The summed E-state index contributed by atoms with van der Waals surface area (Å²) >= 11 is 4.52.